The molecule has 0 unspecified atom stereocenters. The summed E-state index contributed by atoms with van der Waals surface area (Å²) in [5, 5.41) is 19.8. The van der Waals surface area contributed by atoms with Gasteiger partial charge in [0.05, 0.1) is 16.4 Å². The lowest BCUT2D eigenvalue weighted by atomic mass is 10.2. The normalized spacial score (nSPS) is 10.2. The van der Waals surface area contributed by atoms with E-state index in [-0.39, 0.29) is 11.3 Å². The number of non-ortho nitro benzene ring substituents is 1. The number of anilines is 1. The van der Waals surface area contributed by atoms with E-state index in [4.69, 9.17) is 5.11 Å². The van der Waals surface area contributed by atoms with Gasteiger partial charge in [-0.05, 0) is 24.3 Å². The lowest BCUT2D eigenvalue weighted by Crippen LogP contribution is -2.16. The van der Waals surface area contributed by atoms with Gasteiger partial charge in [0.15, 0.2) is 0 Å². The van der Waals surface area contributed by atoms with E-state index in [1.807, 2.05) is 11.9 Å². The number of nitro groups is 1. The minimum absolute atomic E-state index is 0.0426. The molecular formula is C15H14N2O4S. The van der Waals surface area contributed by atoms with Gasteiger partial charge in [-0.25, -0.2) is 4.79 Å². The van der Waals surface area contributed by atoms with Crippen LogP contribution in [0.5, 0.6) is 0 Å². The smallest absolute Gasteiger partial charge is 0.336 e. The van der Waals surface area contributed by atoms with Crippen molar-refractivity contribution in [1.82, 2.24) is 0 Å². The topological polar surface area (TPSA) is 83.7 Å². The third-order valence-electron chi connectivity index (χ3n) is 3.03. The fraction of sp³-hybridized carbons (Fsp3) is 0.133. The van der Waals surface area contributed by atoms with Crippen LogP contribution in [0.3, 0.4) is 0 Å². The SMILES string of the molecule is CN(CSc1ccccc1C(=O)O)c1ccc([N+](=O)[O-])cc1. The lowest BCUT2D eigenvalue weighted by molar-refractivity contribution is -0.384. The minimum Gasteiger partial charge on any atom is -0.478 e. The first-order valence-electron chi connectivity index (χ1n) is 6.40. The van der Waals surface area contributed by atoms with Crippen LogP contribution in [0.15, 0.2) is 53.4 Å². The summed E-state index contributed by atoms with van der Waals surface area (Å²) in [6, 6.07) is 13.0. The van der Waals surface area contributed by atoms with Crippen molar-refractivity contribution in [2.24, 2.45) is 0 Å². The Labute approximate surface area is 131 Å². The number of thioether (sulfide) groups is 1. The molecule has 6 nitrogen and oxygen atoms in total. The molecule has 114 valence electrons. The van der Waals surface area contributed by atoms with Crippen LogP contribution in [0.2, 0.25) is 0 Å². The average molecular weight is 318 g/mol. The third-order valence-corrected chi connectivity index (χ3v) is 4.22. The molecule has 0 aliphatic carbocycles. The van der Waals surface area contributed by atoms with Gasteiger partial charge in [0.25, 0.3) is 5.69 Å². The summed E-state index contributed by atoms with van der Waals surface area (Å²) in [7, 11) is 1.84. The summed E-state index contributed by atoms with van der Waals surface area (Å²) in [4.78, 5) is 23.9. The molecule has 0 bridgehead atoms. The summed E-state index contributed by atoms with van der Waals surface area (Å²) in [6.45, 7) is 0. The molecule has 0 saturated carbocycles. The van der Waals surface area contributed by atoms with Crippen LogP contribution < -0.4 is 4.90 Å². The summed E-state index contributed by atoms with van der Waals surface area (Å²) in [5.41, 5.74) is 1.14. The molecule has 7 heteroatoms. The summed E-state index contributed by atoms with van der Waals surface area (Å²) in [5.74, 6) is -0.427. The highest BCUT2D eigenvalue weighted by molar-refractivity contribution is 7.99. The van der Waals surface area contributed by atoms with Crippen LogP contribution in [0.25, 0.3) is 0 Å². The number of nitrogens with zero attached hydrogens (tertiary/aromatic N) is 2. The highest BCUT2D eigenvalue weighted by Crippen LogP contribution is 2.26. The van der Waals surface area contributed by atoms with E-state index < -0.39 is 10.9 Å². The van der Waals surface area contributed by atoms with Gasteiger partial charge < -0.3 is 10.0 Å². The second-order valence-corrected chi connectivity index (χ2v) is 5.53. The maximum absolute atomic E-state index is 11.1. The van der Waals surface area contributed by atoms with E-state index in [1.54, 1.807) is 36.4 Å². The van der Waals surface area contributed by atoms with Gasteiger partial charge in [-0.15, -0.1) is 11.8 Å². The van der Waals surface area contributed by atoms with Crippen LogP contribution >= 0.6 is 11.8 Å². The van der Waals surface area contributed by atoms with Crippen molar-refractivity contribution in [3.63, 3.8) is 0 Å². The molecule has 2 aromatic rings. The van der Waals surface area contributed by atoms with Crippen molar-refractivity contribution in [1.29, 1.82) is 0 Å². The Hall–Kier alpha value is -2.54. The zero-order chi connectivity index (χ0) is 16.1. The van der Waals surface area contributed by atoms with Crippen molar-refractivity contribution in [2.45, 2.75) is 4.90 Å². The quantitative estimate of drug-likeness (QED) is 0.380. The predicted octanol–water partition coefficient (Wildman–Crippen LogP) is 3.48. The molecule has 1 N–H and O–H groups in total. The first-order chi connectivity index (χ1) is 10.5. The van der Waals surface area contributed by atoms with E-state index >= 15 is 0 Å². The number of rotatable bonds is 6. The van der Waals surface area contributed by atoms with Crippen molar-refractivity contribution in [2.75, 3.05) is 17.8 Å². The van der Waals surface area contributed by atoms with E-state index in [9.17, 15) is 14.9 Å². The first kappa shape index (κ1) is 15.8. The molecule has 0 heterocycles. The van der Waals surface area contributed by atoms with Gasteiger partial charge in [-0.1, -0.05) is 12.1 Å². The highest BCUT2D eigenvalue weighted by Gasteiger charge is 2.11. The largest absolute Gasteiger partial charge is 0.478 e. The van der Waals surface area contributed by atoms with Gasteiger partial charge in [-0.2, -0.15) is 0 Å². The monoisotopic (exact) mass is 318 g/mol. The van der Waals surface area contributed by atoms with Gasteiger partial charge in [0, 0.05) is 29.8 Å². The van der Waals surface area contributed by atoms with E-state index in [1.165, 1.54) is 23.9 Å². The molecule has 0 aliphatic heterocycles. The second-order valence-electron chi connectivity index (χ2n) is 4.55. The Morgan fingerprint density at radius 3 is 2.45 bits per heavy atom. The molecule has 0 atom stereocenters. The van der Waals surface area contributed by atoms with Gasteiger partial charge >= 0.3 is 5.97 Å². The first-order valence-corrected chi connectivity index (χ1v) is 7.38. The van der Waals surface area contributed by atoms with E-state index in [0.717, 1.165) is 5.69 Å². The van der Waals surface area contributed by atoms with Crippen LogP contribution in [-0.2, 0) is 0 Å². The molecular weight excluding hydrogens is 304 g/mol. The van der Waals surface area contributed by atoms with Crippen LogP contribution in [0.4, 0.5) is 11.4 Å². The zero-order valence-electron chi connectivity index (χ0n) is 11.8. The molecule has 0 aliphatic rings. The summed E-state index contributed by atoms with van der Waals surface area (Å²) in [6.07, 6.45) is 0. The van der Waals surface area contributed by atoms with Gasteiger partial charge in [0.1, 0.15) is 0 Å². The van der Waals surface area contributed by atoms with Gasteiger partial charge in [-0.3, -0.25) is 10.1 Å². The van der Waals surface area contributed by atoms with Gasteiger partial charge in [0.2, 0.25) is 0 Å². The number of aromatic carboxylic acids is 1. The number of carboxylic acids is 1. The minimum atomic E-state index is -0.957. The van der Waals surface area contributed by atoms with E-state index in [0.29, 0.717) is 10.8 Å². The standard InChI is InChI=1S/C15H14N2O4S/c1-16(11-6-8-12(9-7-11)17(20)21)10-22-14-5-3-2-4-13(14)15(18)19/h2-9H,10H2,1H3,(H,18,19). The maximum Gasteiger partial charge on any atom is 0.336 e. The second kappa shape index (κ2) is 6.95. The molecule has 0 saturated heterocycles. The number of carboxylic acid groups (broad SMARTS) is 1. The predicted molar refractivity (Wildman–Crippen MR) is 85.6 cm³/mol. The molecule has 22 heavy (non-hydrogen) atoms. The number of hydrogen-bond donors (Lipinski definition) is 1. The van der Waals surface area contributed by atoms with Crippen molar-refractivity contribution >= 4 is 29.1 Å². The fourth-order valence-corrected chi connectivity index (χ4v) is 2.81. The summed E-state index contributed by atoms with van der Waals surface area (Å²) >= 11 is 1.40. The third kappa shape index (κ3) is 3.76. The number of benzene rings is 2. The molecule has 0 radical (unpaired) electrons. The molecule has 2 aromatic carbocycles. The number of hydrogen-bond acceptors (Lipinski definition) is 5. The molecule has 0 amide bonds. The van der Waals surface area contributed by atoms with Crippen LogP contribution in [-0.4, -0.2) is 28.9 Å². The van der Waals surface area contributed by atoms with Crippen LogP contribution in [0, 0.1) is 10.1 Å². The Kier molecular flexibility index (Phi) is 5.00. The Morgan fingerprint density at radius 2 is 1.86 bits per heavy atom. The zero-order valence-corrected chi connectivity index (χ0v) is 12.6. The van der Waals surface area contributed by atoms with Crippen molar-refractivity contribution in [3.05, 3.63) is 64.2 Å². The molecule has 0 aromatic heterocycles. The average Bonchev–Trinajstić information content (AvgIpc) is 2.52. The van der Waals surface area contributed by atoms with E-state index in [2.05, 4.69) is 0 Å². The number of carbonyl (C=O) groups is 1. The molecule has 2 rings (SSSR count). The lowest BCUT2D eigenvalue weighted by Gasteiger charge is -2.19. The highest BCUT2D eigenvalue weighted by atomic mass is 32.2. The van der Waals surface area contributed by atoms with Crippen molar-refractivity contribution in [3.8, 4) is 0 Å². The Morgan fingerprint density at radius 1 is 1.23 bits per heavy atom. The Balaban J connectivity index is 2.05. The maximum atomic E-state index is 11.1. The summed E-state index contributed by atoms with van der Waals surface area (Å²) < 4.78 is 0. The fourth-order valence-electron chi connectivity index (χ4n) is 1.84. The van der Waals surface area contributed by atoms with Crippen LogP contribution in [0.1, 0.15) is 10.4 Å². The molecule has 0 spiro atoms. The Bertz CT molecular complexity index is 688. The number of nitro benzene ring substituents is 1. The van der Waals surface area contributed by atoms with Crippen molar-refractivity contribution < 1.29 is 14.8 Å². The molecule has 0 fully saturated rings.